The van der Waals surface area contributed by atoms with Crippen LogP contribution in [-0.4, -0.2) is 11.6 Å². The Morgan fingerprint density at radius 2 is 1.46 bits per heavy atom. The van der Waals surface area contributed by atoms with E-state index in [1.54, 1.807) is 12.1 Å². The zero-order chi connectivity index (χ0) is 9.84. The van der Waals surface area contributed by atoms with Gasteiger partial charge < -0.3 is 0 Å². The molecule has 0 unspecified atom stereocenters. The molecule has 0 aliphatic carbocycles. The third-order valence-electron chi connectivity index (χ3n) is 1.80. The maximum atomic E-state index is 11.2. The van der Waals surface area contributed by atoms with Crippen LogP contribution in [0.15, 0.2) is 12.1 Å². The molecule has 1 rings (SSSR count). The lowest BCUT2D eigenvalue weighted by atomic mass is 10.2. The van der Waals surface area contributed by atoms with E-state index in [2.05, 4.69) is 0 Å². The molecule has 0 amide bonds. The Bertz CT molecular complexity index is 295. The van der Waals surface area contributed by atoms with Gasteiger partial charge >= 0.3 is 0 Å². The van der Waals surface area contributed by atoms with Gasteiger partial charge in [0.25, 0.3) is 0 Å². The first-order valence-electron chi connectivity index (χ1n) is 4.35. The van der Waals surface area contributed by atoms with Crippen molar-refractivity contribution >= 4 is 22.9 Å². The summed E-state index contributed by atoms with van der Waals surface area (Å²) in [6.45, 7) is 3.65. The smallest absolute Gasteiger partial charge is 0.172 e. The Morgan fingerprint density at radius 3 is 1.77 bits per heavy atom. The van der Waals surface area contributed by atoms with Crippen molar-refractivity contribution in [1.29, 1.82) is 0 Å². The predicted molar refractivity (Wildman–Crippen MR) is 53.6 cm³/mol. The minimum absolute atomic E-state index is 0.111. The van der Waals surface area contributed by atoms with Crippen molar-refractivity contribution in [2.45, 2.75) is 26.7 Å². The van der Waals surface area contributed by atoms with Gasteiger partial charge in [-0.05, 0) is 12.1 Å². The van der Waals surface area contributed by atoms with Gasteiger partial charge in [0.2, 0.25) is 0 Å². The van der Waals surface area contributed by atoms with Crippen molar-refractivity contribution in [3.63, 3.8) is 0 Å². The Balaban J connectivity index is 2.86. The van der Waals surface area contributed by atoms with Gasteiger partial charge in [-0.15, -0.1) is 11.3 Å². The Hall–Kier alpha value is -0.960. The van der Waals surface area contributed by atoms with Crippen LogP contribution in [0.3, 0.4) is 0 Å². The summed E-state index contributed by atoms with van der Waals surface area (Å²) in [6, 6.07) is 3.47. The van der Waals surface area contributed by atoms with Crippen molar-refractivity contribution in [1.82, 2.24) is 0 Å². The third-order valence-corrected chi connectivity index (χ3v) is 2.97. The normalized spacial score (nSPS) is 10.0. The van der Waals surface area contributed by atoms with Crippen LogP contribution in [0.2, 0.25) is 0 Å². The van der Waals surface area contributed by atoms with E-state index in [9.17, 15) is 9.59 Å². The number of carbonyl (C=O) groups is 2. The number of rotatable bonds is 4. The third kappa shape index (κ3) is 2.25. The monoisotopic (exact) mass is 196 g/mol. The number of ketones is 2. The number of carbonyl (C=O) groups excluding carboxylic acids is 2. The highest BCUT2D eigenvalue weighted by molar-refractivity contribution is 7.16. The number of Topliss-reactive ketones (excluding diaryl/α,β-unsaturated/α-hetero) is 2. The van der Waals surface area contributed by atoms with Crippen LogP contribution < -0.4 is 0 Å². The van der Waals surface area contributed by atoms with Gasteiger partial charge in [-0.3, -0.25) is 9.59 Å². The molecule has 3 heteroatoms. The van der Waals surface area contributed by atoms with Gasteiger partial charge in [-0.2, -0.15) is 0 Å². The largest absolute Gasteiger partial charge is 0.293 e. The van der Waals surface area contributed by atoms with Crippen LogP contribution in [0.1, 0.15) is 46.0 Å². The van der Waals surface area contributed by atoms with Gasteiger partial charge in [0.05, 0.1) is 9.75 Å². The Labute approximate surface area is 81.6 Å². The van der Waals surface area contributed by atoms with Crippen LogP contribution >= 0.6 is 11.3 Å². The van der Waals surface area contributed by atoms with E-state index in [1.807, 2.05) is 13.8 Å². The summed E-state index contributed by atoms with van der Waals surface area (Å²) in [5.74, 6) is 0.223. The fourth-order valence-electron chi connectivity index (χ4n) is 0.986. The quantitative estimate of drug-likeness (QED) is 0.694. The summed E-state index contributed by atoms with van der Waals surface area (Å²) in [5.41, 5.74) is 0. The number of hydrogen-bond donors (Lipinski definition) is 0. The summed E-state index contributed by atoms with van der Waals surface area (Å²) in [6.07, 6.45) is 1.00. The highest BCUT2D eigenvalue weighted by Crippen LogP contribution is 2.19. The van der Waals surface area contributed by atoms with Gasteiger partial charge in [0.15, 0.2) is 11.6 Å². The topological polar surface area (TPSA) is 34.1 Å². The van der Waals surface area contributed by atoms with Gasteiger partial charge in [-0.25, -0.2) is 0 Å². The maximum absolute atomic E-state index is 11.2. The molecular weight excluding hydrogens is 184 g/mol. The van der Waals surface area contributed by atoms with E-state index in [0.717, 1.165) is 0 Å². The SMILES string of the molecule is CCC(=O)c1ccc(C(=O)CC)s1. The number of thiophene rings is 1. The van der Waals surface area contributed by atoms with Crippen molar-refractivity contribution in [2.75, 3.05) is 0 Å². The Kier molecular flexibility index (Phi) is 3.37. The van der Waals surface area contributed by atoms with E-state index in [-0.39, 0.29) is 11.6 Å². The van der Waals surface area contributed by atoms with Crippen molar-refractivity contribution in [2.24, 2.45) is 0 Å². The second-order valence-electron chi connectivity index (χ2n) is 2.72. The summed E-state index contributed by atoms with van der Waals surface area (Å²) in [4.78, 5) is 23.9. The molecule has 0 fully saturated rings. The van der Waals surface area contributed by atoms with Crippen LogP contribution in [0, 0.1) is 0 Å². The molecule has 13 heavy (non-hydrogen) atoms. The Morgan fingerprint density at radius 1 is 1.08 bits per heavy atom. The molecule has 0 aromatic carbocycles. The zero-order valence-electron chi connectivity index (χ0n) is 7.79. The fourth-order valence-corrected chi connectivity index (χ4v) is 2.01. The first-order chi connectivity index (χ1) is 6.19. The van der Waals surface area contributed by atoms with E-state index in [4.69, 9.17) is 0 Å². The van der Waals surface area contributed by atoms with E-state index in [1.165, 1.54) is 11.3 Å². The lowest BCUT2D eigenvalue weighted by molar-refractivity contribution is 0.0985. The highest BCUT2D eigenvalue weighted by Gasteiger charge is 2.10. The first kappa shape index (κ1) is 10.1. The summed E-state index contributed by atoms with van der Waals surface area (Å²) < 4.78 is 0. The lowest BCUT2D eigenvalue weighted by Gasteiger charge is -1.90. The average molecular weight is 196 g/mol. The molecular formula is C10H12O2S. The highest BCUT2D eigenvalue weighted by atomic mass is 32.1. The second kappa shape index (κ2) is 4.33. The molecule has 0 N–H and O–H groups in total. The molecule has 0 aliphatic rings. The standard InChI is InChI=1S/C10H12O2S/c1-3-7(11)9-5-6-10(13-9)8(12)4-2/h5-6H,3-4H2,1-2H3. The van der Waals surface area contributed by atoms with E-state index < -0.39 is 0 Å². The van der Waals surface area contributed by atoms with Crippen LogP contribution in [0.4, 0.5) is 0 Å². The van der Waals surface area contributed by atoms with Crippen molar-refractivity contribution < 1.29 is 9.59 Å². The molecule has 70 valence electrons. The minimum atomic E-state index is 0.111. The molecule has 0 saturated carbocycles. The average Bonchev–Trinajstić information content (AvgIpc) is 2.64. The molecule has 0 saturated heterocycles. The molecule has 0 bridgehead atoms. The van der Waals surface area contributed by atoms with Crippen LogP contribution in [-0.2, 0) is 0 Å². The first-order valence-corrected chi connectivity index (χ1v) is 5.16. The van der Waals surface area contributed by atoms with Gasteiger partial charge in [-0.1, -0.05) is 13.8 Å². The summed E-state index contributed by atoms with van der Waals surface area (Å²) in [5, 5.41) is 0. The van der Waals surface area contributed by atoms with E-state index in [0.29, 0.717) is 22.6 Å². The fraction of sp³-hybridized carbons (Fsp3) is 0.400. The minimum Gasteiger partial charge on any atom is -0.293 e. The molecule has 0 spiro atoms. The molecule has 2 nitrogen and oxygen atoms in total. The van der Waals surface area contributed by atoms with Gasteiger partial charge in [0, 0.05) is 12.8 Å². The molecule has 0 radical (unpaired) electrons. The summed E-state index contributed by atoms with van der Waals surface area (Å²) in [7, 11) is 0. The predicted octanol–water partition coefficient (Wildman–Crippen LogP) is 2.93. The molecule has 0 aliphatic heterocycles. The molecule has 1 aromatic rings. The van der Waals surface area contributed by atoms with Crippen LogP contribution in [0.25, 0.3) is 0 Å². The maximum Gasteiger partial charge on any atom is 0.172 e. The molecule has 1 heterocycles. The van der Waals surface area contributed by atoms with Gasteiger partial charge in [0.1, 0.15) is 0 Å². The van der Waals surface area contributed by atoms with Crippen molar-refractivity contribution in [3.8, 4) is 0 Å². The second-order valence-corrected chi connectivity index (χ2v) is 3.80. The summed E-state index contributed by atoms with van der Waals surface area (Å²) >= 11 is 1.30. The van der Waals surface area contributed by atoms with Crippen LogP contribution in [0.5, 0.6) is 0 Å². The van der Waals surface area contributed by atoms with E-state index >= 15 is 0 Å². The zero-order valence-corrected chi connectivity index (χ0v) is 8.61. The number of hydrogen-bond acceptors (Lipinski definition) is 3. The molecule has 0 atom stereocenters. The lowest BCUT2D eigenvalue weighted by Crippen LogP contribution is -1.92. The molecule has 1 aromatic heterocycles. The van der Waals surface area contributed by atoms with Crippen molar-refractivity contribution in [3.05, 3.63) is 21.9 Å².